The fourth-order valence-corrected chi connectivity index (χ4v) is 0.536. The largest absolute Gasteiger partial charge is 0.480 e. The molecule has 8 nitrogen and oxygen atoms in total. The summed E-state index contributed by atoms with van der Waals surface area (Å²) in [5, 5.41) is 11.5. The smallest absolute Gasteiger partial charge is 0.320 e. The first-order chi connectivity index (χ1) is 6.07. The van der Waals surface area contributed by atoms with Crippen molar-refractivity contribution >= 4 is 11.9 Å². The van der Waals surface area contributed by atoms with E-state index < -0.39 is 12.0 Å². The Labute approximate surface area is 75.1 Å². The van der Waals surface area contributed by atoms with Gasteiger partial charge in [-0.3, -0.25) is 10.2 Å². The zero-order valence-electron chi connectivity index (χ0n) is 7.03. The van der Waals surface area contributed by atoms with Crippen molar-refractivity contribution in [2.24, 2.45) is 22.4 Å². The number of hydrazone groups is 1. The van der Waals surface area contributed by atoms with Crippen molar-refractivity contribution in [3.8, 4) is 0 Å². The van der Waals surface area contributed by atoms with Gasteiger partial charge in [-0.15, -0.1) is 5.10 Å². The Morgan fingerprint density at radius 1 is 1.62 bits per heavy atom. The second-order valence-electron chi connectivity index (χ2n) is 2.30. The highest BCUT2D eigenvalue weighted by Crippen LogP contribution is 1.84. The second kappa shape index (κ2) is 6.03. The average Bonchev–Trinajstić information content (AvgIpc) is 2.11. The van der Waals surface area contributed by atoms with Gasteiger partial charge in [-0.05, 0) is 6.42 Å². The highest BCUT2D eigenvalue weighted by molar-refractivity contribution is 5.76. The van der Waals surface area contributed by atoms with Crippen molar-refractivity contribution in [2.45, 2.75) is 12.5 Å². The zero-order valence-corrected chi connectivity index (χ0v) is 7.03. The normalized spacial score (nSPS) is 13.8. The summed E-state index contributed by atoms with van der Waals surface area (Å²) < 4.78 is 0. The Balaban J connectivity index is 3.41. The van der Waals surface area contributed by atoms with Crippen LogP contribution in [0.15, 0.2) is 5.10 Å². The lowest BCUT2D eigenvalue weighted by Crippen LogP contribution is -2.45. The lowest BCUT2D eigenvalue weighted by atomic mass is 10.2. The number of hydrogen-bond acceptors (Lipinski definition) is 5. The predicted molar refractivity (Wildman–Crippen MR) is 47.2 cm³/mol. The Bertz CT molecular complexity index is 193. The summed E-state index contributed by atoms with van der Waals surface area (Å²) in [4.78, 5) is 10.2. The molecular formula is C5H14N6O2. The fraction of sp³-hybridized carbons (Fsp3) is 0.600. The van der Waals surface area contributed by atoms with Gasteiger partial charge in [0.1, 0.15) is 6.04 Å². The van der Waals surface area contributed by atoms with Crippen LogP contribution in [0.25, 0.3) is 0 Å². The third-order valence-electron chi connectivity index (χ3n) is 1.25. The summed E-state index contributed by atoms with van der Waals surface area (Å²) in [5.41, 5.74) is 15.4. The van der Waals surface area contributed by atoms with E-state index in [0.29, 0.717) is 6.54 Å². The maximum Gasteiger partial charge on any atom is 0.320 e. The van der Waals surface area contributed by atoms with E-state index in [0.717, 1.165) is 0 Å². The Hall–Kier alpha value is -1.54. The van der Waals surface area contributed by atoms with Gasteiger partial charge >= 0.3 is 5.97 Å². The van der Waals surface area contributed by atoms with Crippen LogP contribution in [0, 0.1) is 0 Å². The number of nitrogens with two attached hydrogens (primary N) is 3. The van der Waals surface area contributed by atoms with Crippen LogP contribution in [0.2, 0.25) is 0 Å². The van der Waals surface area contributed by atoms with E-state index in [1.165, 1.54) is 0 Å². The summed E-state index contributed by atoms with van der Waals surface area (Å²) in [5.74, 6) is 3.78. The molecule has 76 valence electrons. The van der Waals surface area contributed by atoms with Gasteiger partial charge in [-0.2, -0.15) is 0 Å². The van der Waals surface area contributed by atoms with E-state index in [9.17, 15) is 4.79 Å². The first-order valence-corrected chi connectivity index (χ1v) is 3.58. The monoisotopic (exact) mass is 190 g/mol. The summed E-state index contributed by atoms with van der Waals surface area (Å²) in [6, 6.07) is -0.884. The number of aliphatic carboxylic acids is 1. The van der Waals surface area contributed by atoms with E-state index in [2.05, 4.69) is 16.0 Å². The molecule has 0 rings (SSSR count). The number of carboxylic acids is 1. The number of hydrogen-bond donors (Lipinski definition) is 6. The van der Waals surface area contributed by atoms with Crippen LogP contribution in [0.5, 0.6) is 0 Å². The molecule has 13 heavy (non-hydrogen) atoms. The zero-order chi connectivity index (χ0) is 10.3. The van der Waals surface area contributed by atoms with Crippen LogP contribution in [0.4, 0.5) is 0 Å². The highest BCUT2D eigenvalue weighted by Gasteiger charge is 2.09. The van der Waals surface area contributed by atoms with Gasteiger partial charge in [0.25, 0.3) is 0 Å². The van der Waals surface area contributed by atoms with Gasteiger partial charge in [0.05, 0.1) is 0 Å². The highest BCUT2D eigenvalue weighted by atomic mass is 16.4. The van der Waals surface area contributed by atoms with Crippen molar-refractivity contribution in [3.05, 3.63) is 0 Å². The molecule has 0 aromatic carbocycles. The van der Waals surface area contributed by atoms with Gasteiger partial charge in [-0.25, -0.2) is 5.43 Å². The molecule has 0 saturated carbocycles. The van der Waals surface area contributed by atoms with E-state index in [1.54, 1.807) is 0 Å². The first-order valence-electron chi connectivity index (χ1n) is 3.58. The average molecular weight is 190 g/mol. The van der Waals surface area contributed by atoms with Crippen LogP contribution >= 0.6 is 0 Å². The molecule has 0 aliphatic rings. The molecule has 8 heteroatoms. The number of guanidine groups is 1. The molecule has 0 aromatic rings. The number of nitrogens with zero attached hydrogens (tertiary/aromatic N) is 1. The van der Waals surface area contributed by atoms with Crippen molar-refractivity contribution < 1.29 is 9.90 Å². The summed E-state index contributed by atoms with van der Waals surface area (Å²) in [6.07, 6.45) is 0.278. The van der Waals surface area contributed by atoms with E-state index >= 15 is 0 Å². The first kappa shape index (κ1) is 11.5. The topological polar surface area (TPSA) is 152 Å². The lowest BCUT2D eigenvalue weighted by molar-refractivity contribution is -0.138. The van der Waals surface area contributed by atoms with Crippen molar-refractivity contribution in [2.75, 3.05) is 6.54 Å². The van der Waals surface area contributed by atoms with E-state index in [4.69, 9.17) is 22.4 Å². The molecule has 0 amide bonds. The van der Waals surface area contributed by atoms with Gasteiger partial charge in [0.15, 0.2) is 0 Å². The van der Waals surface area contributed by atoms with E-state index in [-0.39, 0.29) is 12.4 Å². The molecule has 0 aliphatic carbocycles. The molecule has 0 bridgehead atoms. The molecular weight excluding hydrogens is 176 g/mol. The minimum absolute atomic E-state index is 0.0175. The minimum Gasteiger partial charge on any atom is -0.480 e. The van der Waals surface area contributed by atoms with Crippen LogP contribution in [-0.2, 0) is 4.79 Å². The predicted octanol–water partition coefficient (Wildman–Crippen LogP) is -2.93. The SMILES string of the molecule is N/N=C(\N)NNCCC(N)C(=O)O. The Morgan fingerprint density at radius 3 is 2.69 bits per heavy atom. The molecule has 0 spiro atoms. The van der Waals surface area contributed by atoms with Gasteiger partial charge < -0.3 is 22.4 Å². The quantitative estimate of drug-likeness (QED) is 0.0892. The maximum atomic E-state index is 10.2. The molecule has 0 fully saturated rings. The standard InChI is InChI=1S/C5H14N6O2/c6-3(4(12)13)1-2-9-11-5(7)10-8/h3,9H,1-2,6,8H2,(H,12,13)(H3,7,10,11). The number of rotatable bonds is 5. The van der Waals surface area contributed by atoms with E-state index in [1.807, 2.05) is 0 Å². The number of nitrogens with one attached hydrogen (secondary N) is 2. The third kappa shape index (κ3) is 5.70. The lowest BCUT2D eigenvalue weighted by Gasteiger charge is -2.08. The summed E-state index contributed by atoms with van der Waals surface area (Å²) in [6.45, 7) is 0.351. The number of hydrazine groups is 1. The van der Waals surface area contributed by atoms with Gasteiger partial charge in [-0.1, -0.05) is 0 Å². The molecule has 9 N–H and O–H groups in total. The van der Waals surface area contributed by atoms with Gasteiger partial charge in [0.2, 0.25) is 5.96 Å². The molecule has 1 atom stereocenters. The molecule has 0 aromatic heterocycles. The van der Waals surface area contributed by atoms with Crippen molar-refractivity contribution in [1.29, 1.82) is 0 Å². The van der Waals surface area contributed by atoms with Crippen molar-refractivity contribution in [3.63, 3.8) is 0 Å². The molecule has 0 heterocycles. The second-order valence-corrected chi connectivity index (χ2v) is 2.30. The van der Waals surface area contributed by atoms with Crippen LogP contribution in [0.1, 0.15) is 6.42 Å². The number of carbonyl (C=O) groups is 1. The van der Waals surface area contributed by atoms with Crippen LogP contribution < -0.4 is 28.2 Å². The molecule has 1 unspecified atom stereocenters. The van der Waals surface area contributed by atoms with Gasteiger partial charge in [0, 0.05) is 6.54 Å². The van der Waals surface area contributed by atoms with Crippen LogP contribution in [0.3, 0.4) is 0 Å². The summed E-state index contributed by atoms with van der Waals surface area (Å²) >= 11 is 0. The third-order valence-corrected chi connectivity index (χ3v) is 1.25. The molecule has 0 radical (unpaired) electrons. The summed E-state index contributed by atoms with van der Waals surface area (Å²) in [7, 11) is 0. The maximum absolute atomic E-state index is 10.2. The van der Waals surface area contributed by atoms with Crippen molar-refractivity contribution in [1.82, 2.24) is 10.9 Å². The van der Waals surface area contributed by atoms with Crippen LogP contribution in [-0.4, -0.2) is 29.6 Å². The Morgan fingerprint density at radius 2 is 2.23 bits per heavy atom. The molecule has 0 saturated heterocycles. The number of carboxylic acid groups (broad SMARTS) is 1. The molecule has 0 aliphatic heterocycles. The fourth-order valence-electron chi connectivity index (χ4n) is 0.536. The Kier molecular flexibility index (Phi) is 5.32. The minimum atomic E-state index is -1.04.